The highest BCUT2D eigenvalue weighted by Crippen LogP contribution is 2.23. The van der Waals surface area contributed by atoms with Crippen molar-refractivity contribution in [2.24, 2.45) is 0 Å². The van der Waals surface area contributed by atoms with Gasteiger partial charge in [-0.2, -0.15) is 0 Å². The molecule has 1 aromatic rings. The number of aromatic hydroxyl groups is 1. The molecule has 1 N–H and O–H groups in total. The van der Waals surface area contributed by atoms with E-state index >= 15 is 0 Å². The van der Waals surface area contributed by atoms with Gasteiger partial charge in [0.15, 0.2) is 0 Å². The minimum atomic E-state index is -3.06. The van der Waals surface area contributed by atoms with Crippen LogP contribution in [0, 0.1) is 0 Å². The van der Waals surface area contributed by atoms with Crippen LogP contribution in [0.15, 0.2) is 22.7 Å². The van der Waals surface area contributed by atoms with Gasteiger partial charge in [-0.15, -0.1) is 0 Å². The second-order valence-electron chi connectivity index (χ2n) is 2.33. The summed E-state index contributed by atoms with van der Waals surface area (Å²) in [7, 11) is 0. The van der Waals surface area contributed by atoms with Crippen LogP contribution in [0.3, 0.4) is 0 Å². The van der Waals surface area contributed by atoms with E-state index in [1.807, 2.05) is 0 Å². The predicted octanol–water partition coefficient (Wildman–Crippen LogP) is 2.60. The Morgan fingerprint density at radius 2 is 2.08 bits per heavy atom. The average molecular weight is 251 g/mol. The van der Waals surface area contributed by atoms with E-state index < -0.39 is 12.2 Å². The zero-order valence-electron chi connectivity index (χ0n) is 6.30. The number of carbonyl (C=O) groups excluding carboxylic acids is 1. The van der Waals surface area contributed by atoms with Gasteiger partial charge in [0.25, 0.3) is 0 Å². The van der Waals surface area contributed by atoms with Crippen molar-refractivity contribution < 1.29 is 18.7 Å². The molecule has 70 valence electrons. The van der Waals surface area contributed by atoms with E-state index in [0.717, 1.165) is 6.07 Å². The first-order valence-electron chi connectivity index (χ1n) is 3.33. The van der Waals surface area contributed by atoms with Gasteiger partial charge in [0.1, 0.15) is 5.75 Å². The van der Waals surface area contributed by atoms with Crippen LogP contribution in [0.25, 0.3) is 0 Å². The van der Waals surface area contributed by atoms with Gasteiger partial charge in [0, 0.05) is 10.0 Å². The maximum Gasteiger partial charge on any atom is 0.300 e. The Balaban J connectivity index is 3.13. The Kier molecular flexibility index (Phi) is 2.98. The summed E-state index contributed by atoms with van der Waals surface area (Å²) in [5.74, 6) is -1.52. The fourth-order valence-corrected chi connectivity index (χ4v) is 1.26. The number of phenolic OH excluding ortho intramolecular Hbond substituents is 1. The highest BCUT2D eigenvalue weighted by Gasteiger charge is 2.20. The number of benzene rings is 1. The molecule has 2 nitrogen and oxygen atoms in total. The van der Waals surface area contributed by atoms with Crippen molar-refractivity contribution in [1.82, 2.24) is 0 Å². The van der Waals surface area contributed by atoms with Crippen molar-refractivity contribution in [1.29, 1.82) is 0 Å². The second kappa shape index (κ2) is 3.83. The molecule has 0 aliphatic heterocycles. The number of phenols is 1. The van der Waals surface area contributed by atoms with Gasteiger partial charge in [-0.25, -0.2) is 8.78 Å². The van der Waals surface area contributed by atoms with Crippen LogP contribution in [-0.4, -0.2) is 17.3 Å². The molecular weight excluding hydrogens is 246 g/mol. The van der Waals surface area contributed by atoms with Gasteiger partial charge in [-0.05, 0) is 18.2 Å². The van der Waals surface area contributed by atoms with E-state index in [2.05, 4.69) is 15.9 Å². The van der Waals surface area contributed by atoms with Gasteiger partial charge in [-0.1, -0.05) is 15.9 Å². The molecular formula is C8H5BrF2O2. The molecule has 0 aliphatic rings. The van der Waals surface area contributed by atoms with Crippen molar-refractivity contribution in [2.75, 3.05) is 0 Å². The number of Topliss-reactive ketones (excluding diaryl/α,β-unsaturated/α-hetero) is 1. The molecule has 1 aromatic carbocycles. The van der Waals surface area contributed by atoms with Gasteiger partial charge in [0.2, 0.25) is 5.78 Å². The largest absolute Gasteiger partial charge is 0.508 e. The van der Waals surface area contributed by atoms with Crippen molar-refractivity contribution in [3.63, 3.8) is 0 Å². The summed E-state index contributed by atoms with van der Waals surface area (Å²) < 4.78 is 24.2. The molecule has 13 heavy (non-hydrogen) atoms. The number of hydrogen-bond donors (Lipinski definition) is 1. The molecule has 0 aliphatic carbocycles. The van der Waals surface area contributed by atoms with Crippen molar-refractivity contribution in [2.45, 2.75) is 6.43 Å². The van der Waals surface area contributed by atoms with Crippen LogP contribution in [0.5, 0.6) is 5.75 Å². The Morgan fingerprint density at radius 3 is 2.62 bits per heavy atom. The molecule has 5 heteroatoms. The molecule has 0 saturated heterocycles. The maximum atomic E-state index is 12.0. The number of halogens is 3. The van der Waals surface area contributed by atoms with Crippen LogP contribution < -0.4 is 0 Å². The van der Waals surface area contributed by atoms with Crippen LogP contribution in [0.4, 0.5) is 8.78 Å². The summed E-state index contributed by atoms with van der Waals surface area (Å²) in [4.78, 5) is 10.8. The van der Waals surface area contributed by atoms with Crippen LogP contribution in [0.2, 0.25) is 0 Å². The Hall–Kier alpha value is -0.970. The number of ketones is 1. The van der Waals surface area contributed by atoms with E-state index in [4.69, 9.17) is 5.11 Å². The molecule has 0 radical (unpaired) electrons. The Labute approximate surface area is 81.3 Å². The van der Waals surface area contributed by atoms with Crippen LogP contribution >= 0.6 is 15.9 Å². The van der Waals surface area contributed by atoms with E-state index in [0.29, 0.717) is 0 Å². The molecule has 0 amide bonds. The minimum absolute atomic E-state index is 0.213. The third kappa shape index (κ3) is 2.24. The monoisotopic (exact) mass is 250 g/mol. The Bertz CT molecular complexity index is 339. The normalized spacial score (nSPS) is 10.5. The summed E-state index contributed by atoms with van der Waals surface area (Å²) in [5.41, 5.74) is -0.213. The van der Waals surface area contributed by atoms with Gasteiger partial charge < -0.3 is 5.11 Å². The number of rotatable bonds is 2. The average Bonchev–Trinajstić information content (AvgIpc) is 2.08. The fourth-order valence-electron chi connectivity index (χ4n) is 0.820. The minimum Gasteiger partial charge on any atom is -0.508 e. The zero-order valence-corrected chi connectivity index (χ0v) is 7.88. The zero-order chi connectivity index (χ0) is 10.0. The summed E-state index contributed by atoms with van der Waals surface area (Å²) in [6, 6.07) is 3.63. The third-order valence-corrected chi connectivity index (χ3v) is 2.11. The maximum absolute atomic E-state index is 12.0. The number of alkyl halides is 2. The predicted molar refractivity (Wildman–Crippen MR) is 46.1 cm³/mol. The topological polar surface area (TPSA) is 37.3 Å². The van der Waals surface area contributed by atoms with E-state index in [9.17, 15) is 13.6 Å². The molecule has 0 aromatic heterocycles. The molecule has 0 heterocycles. The molecule has 0 bridgehead atoms. The molecule has 0 spiro atoms. The van der Waals surface area contributed by atoms with Crippen molar-refractivity contribution >= 4 is 21.7 Å². The lowest BCUT2D eigenvalue weighted by Gasteiger charge is -2.02. The first kappa shape index (κ1) is 10.1. The Morgan fingerprint density at radius 1 is 1.46 bits per heavy atom. The standard InChI is InChI=1S/C8H5BrF2O2/c9-6-2-1-4(12)3-5(6)7(13)8(10)11/h1-3,8,12H. The quantitative estimate of drug-likeness (QED) is 0.820. The summed E-state index contributed by atoms with van der Waals surface area (Å²) in [6.07, 6.45) is -3.06. The smallest absolute Gasteiger partial charge is 0.300 e. The van der Waals surface area contributed by atoms with E-state index in [1.165, 1.54) is 12.1 Å². The van der Waals surface area contributed by atoms with Crippen LogP contribution in [0.1, 0.15) is 10.4 Å². The fraction of sp³-hybridized carbons (Fsp3) is 0.125. The molecule has 0 fully saturated rings. The van der Waals surface area contributed by atoms with Crippen molar-refractivity contribution in [3.05, 3.63) is 28.2 Å². The second-order valence-corrected chi connectivity index (χ2v) is 3.18. The highest BCUT2D eigenvalue weighted by atomic mass is 79.9. The number of hydrogen-bond acceptors (Lipinski definition) is 2. The van der Waals surface area contributed by atoms with Crippen molar-refractivity contribution in [3.8, 4) is 5.75 Å². The van der Waals surface area contributed by atoms with Gasteiger partial charge in [-0.3, -0.25) is 4.79 Å². The third-order valence-electron chi connectivity index (χ3n) is 1.41. The van der Waals surface area contributed by atoms with Gasteiger partial charge >= 0.3 is 6.43 Å². The lowest BCUT2D eigenvalue weighted by molar-refractivity contribution is 0.0677. The summed E-state index contributed by atoms with van der Waals surface area (Å²) >= 11 is 2.93. The first-order valence-corrected chi connectivity index (χ1v) is 4.12. The summed E-state index contributed by atoms with van der Waals surface area (Å²) in [6.45, 7) is 0. The lowest BCUT2D eigenvalue weighted by Crippen LogP contribution is -2.10. The number of carbonyl (C=O) groups is 1. The van der Waals surface area contributed by atoms with Gasteiger partial charge in [0.05, 0.1) is 0 Å². The molecule has 0 saturated carbocycles. The molecule has 1 rings (SSSR count). The highest BCUT2D eigenvalue weighted by molar-refractivity contribution is 9.10. The van der Waals surface area contributed by atoms with E-state index in [-0.39, 0.29) is 15.8 Å². The first-order chi connectivity index (χ1) is 6.02. The summed E-state index contributed by atoms with van der Waals surface area (Å²) in [5, 5.41) is 8.95. The SMILES string of the molecule is O=C(c1cc(O)ccc1Br)C(F)F. The molecule has 0 unspecified atom stereocenters. The van der Waals surface area contributed by atoms with Crippen LogP contribution in [-0.2, 0) is 0 Å². The van der Waals surface area contributed by atoms with E-state index in [1.54, 1.807) is 0 Å². The lowest BCUT2D eigenvalue weighted by atomic mass is 10.1. The molecule has 0 atom stereocenters.